The molecule has 0 spiro atoms. The molecule has 0 radical (unpaired) electrons. The highest BCUT2D eigenvalue weighted by molar-refractivity contribution is 5.95. The molecule has 1 aromatic carbocycles. The Labute approximate surface area is 132 Å². The van der Waals surface area contributed by atoms with Gasteiger partial charge in [0.15, 0.2) is 5.78 Å². The summed E-state index contributed by atoms with van der Waals surface area (Å²) in [5, 5.41) is 0. The van der Waals surface area contributed by atoms with Crippen molar-refractivity contribution in [3.63, 3.8) is 0 Å². The Morgan fingerprint density at radius 1 is 1.19 bits per heavy atom. The molecule has 0 bridgehead atoms. The Morgan fingerprint density at radius 3 is 2.48 bits per heavy atom. The van der Waals surface area contributed by atoms with Crippen LogP contribution in [0.1, 0.15) is 43.5 Å². The largest absolute Gasteiger partial charge is 0.299 e. The van der Waals surface area contributed by atoms with Crippen molar-refractivity contribution in [2.24, 2.45) is 0 Å². The smallest absolute Gasteiger partial charge is 0.162 e. The van der Waals surface area contributed by atoms with Crippen molar-refractivity contribution in [2.75, 3.05) is 19.6 Å². The first-order valence-corrected chi connectivity index (χ1v) is 7.22. The number of hydrogen-bond donors (Lipinski definition) is 0. The fraction of sp³-hybridized carbons (Fsp3) is 0.471. The highest BCUT2D eigenvalue weighted by Gasteiger charge is 2.14. The van der Waals surface area contributed by atoms with Crippen LogP contribution in [0.5, 0.6) is 0 Å². The van der Waals surface area contributed by atoms with Gasteiger partial charge in [-0.1, -0.05) is 11.1 Å². The van der Waals surface area contributed by atoms with Crippen molar-refractivity contribution in [1.82, 2.24) is 4.90 Å². The third-order valence-electron chi connectivity index (χ3n) is 4.04. The molecule has 2 nitrogen and oxygen atoms in total. The number of carbonyl (C=O) groups is 1. The van der Waals surface area contributed by atoms with Gasteiger partial charge in [-0.25, -0.2) is 4.39 Å². The summed E-state index contributed by atoms with van der Waals surface area (Å²) in [4.78, 5) is 14.4. The quantitative estimate of drug-likeness (QED) is 0.598. The molecule has 0 N–H and O–H groups in total. The molecule has 1 aliphatic rings. The van der Waals surface area contributed by atoms with Gasteiger partial charge >= 0.3 is 0 Å². The second-order valence-electron chi connectivity index (χ2n) is 5.62. The van der Waals surface area contributed by atoms with Gasteiger partial charge in [0.05, 0.1) is 0 Å². The third kappa shape index (κ3) is 5.25. The van der Waals surface area contributed by atoms with E-state index in [4.69, 9.17) is 0 Å². The Bertz CT molecular complexity index is 510. The molecule has 0 aliphatic carbocycles. The molecule has 116 valence electrons. The molecule has 0 fully saturated rings. The van der Waals surface area contributed by atoms with Gasteiger partial charge in [0.2, 0.25) is 0 Å². The summed E-state index contributed by atoms with van der Waals surface area (Å²) < 4.78 is 12.8. The molecular weight excluding hydrogens is 289 g/mol. The molecule has 1 aliphatic heterocycles. The molecule has 0 aromatic heterocycles. The standard InChI is InChI=1S/C17H22FNO.ClH/c1-13-9-11-19(12-14(13)2)10-3-4-17(20)15-5-7-16(18)8-6-15;/h5-8H,3-4,9-12H2,1-2H3;1H. The average molecular weight is 312 g/mol. The minimum atomic E-state index is -0.299. The second-order valence-corrected chi connectivity index (χ2v) is 5.62. The molecule has 2 rings (SSSR count). The van der Waals surface area contributed by atoms with Crippen LogP contribution in [-0.4, -0.2) is 30.3 Å². The first-order valence-electron chi connectivity index (χ1n) is 7.22. The van der Waals surface area contributed by atoms with Crippen molar-refractivity contribution in [3.8, 4) is 0 Å². The zero-order valence-corrected chi connectivity index (χ0v) is 13.5. The minimum absolute atomic E-state index is 0. The molecule has 0 amide bonds. The number of carbonyl (C=O) groups excluding carboxylic acids is 1. The summed E-state index contributed by atoms with van der Waals surface area (Å²) in [6, 6.07) is 5.81. The van der Waals surface area contributed by atoms with E-state index in [1.807, 2.05) is 0 Å². The Balaban J connectivity index is 0.00000220. The highest BCUT2D eigenvalue weighted by atomic mass is 35.5. The van der Waals surface area contributed by atoms with Crippen LogP contribution < -0.4 is 0 Å². The lowest BCUT2D eigenvalue weighted by Gasteiger charge is -2.28. The van der Waals surface area contributed by atoms with Crippen molar-refractivity contribution in [3.05, 3.63) is 46.8 Å². The Hall–Kier alpha value is -1.19. The number of nitrogens with zero attached hydrogens (tertiary/aromatic N) is 1. The van der Waals surface area contributed by atoms with Crippen LogP contribution in [0.3, 0.4) is 0 Å². The summed E-state index contributed by atoms with van der Waals surface area (Å²) >= 11 is 0. The summed E-state index contributed by atoms with van der Waals surface area (Å²) in [5.41, 5.74) is 3.57. The Morgan fingerprint density at radius 2 is 1.86 bits per heavy atom. The van der Waals surface area contributed by atoms with Crippen LogP contribution in [0, 0.1) is 5.82 Å². The molecular formula is C17H23ClFNO. The van der Waals surface area contributed by atoms with E-state index in [2.05, 4.69) is 18.7 Å². The van der Waals surface area contributed by atoms with Gasteiger partial charge in [0, 0.05) is 25.1 Å². The van der Waals surface area contributed by atoms with Gasteiger partial charge in [-0.3, -0.25) is 9.69 Å². The maximum absolute atomic E-state index is 12.8. The minimum Gasteiger partial charge on any atom is -0.299 e. The molecule has 21 heavy (non-hydrogen) atoms. The third-order valence-corrected chi connectivity index (χ3v) is 4.04. The normalized spacial score (nSPS) is 15.8. The zero-order chi connectivity index (χ0) is 14.5. The number of Topliss-reactive ketones (excluding diaryl/α,β-unsaturated/α-hetero) is 1. The van der Waals surface area contributed by atoms with Crippen LogP contribution in [0.15, 0.2) is 35.4 Å². The van der Waals surface area contributed by atoms with E-state index in [0.717, 1.165) is 32.5 Å². The van der Waals surface area contributed by atoms with Crippen LogP contribution >= 0.6 is 12.4 Å². The first-order chi connectivity index (χ1) is 9.56. The number of rotatable bonds is 5. The zero-order valence-electron chi connectivity index (χ0n) is 12.7. The fourth-order valence-corrected chi connectivity index (χ4v) is 2.52. The molecule has 0 saturated carbocycles. The van der Waals surface area contributed by atoms with E-state index >= 15 is 0 Å². The maximum atomic E-state index is 12.8. The number of halogens is 2. The van der Waals surface area contributed by atoms with E-state index < -0.39 is 0 Å². The lowest BCUT2D eigenvalue weighted by Crippen LogP contribution is -2.31. The lowest BCUT2D eigenvalue weighted by atomic mass is 10.0. The van der Waals surface area contributed by atoms with Crippen molar-refractivity contribution >= 4 is 18.2 Å². The number of hydrogen-bond acceptors (Lipinski definition) is 2. The van der Waals surface area contributed by atoms with E-state index in [1.165, 1.54) is 23.3 Å². The molecule has 0 saturated heterocycles. The summed E-state index contributed by atoms with van der Waals surface area (Å²) in [7, 11) is 0. The van der Waals surface area contributed by atoms with Gasteiger partial charge < -0.3 is 0 Å². The van der Waals surface area contributed by atoms with Gasteiger partial charge in [0.1, 0.15) is 5.82 Å². The SMILES string of the molecule is CC1=C(C)CN(CCCC(=O)c2ccc(F)cc2)CC1.Cl. The van der Waals surface area contributed by atoms with Crippen LogP contribution in [0.2, 0.25) is 0 Å². The van der Waals surface area contributed by atoms with E-state index in [9.17, 15) is 9.18 Å². The number of ketones is 1. The molecule has 0 unspecified atom stereocenters. The molecule has 1 aromatic rings. The average Bonchev–Trinajstić information content (AvgIpc) is 2.43. The highest BCUT2D eigenvalue weighted by Crippen LogP contribution is 2.17. The van der Waals surface area contributed by atoms with Crippen LogP contribution in [-0.2, 0) is 0 Å². The van der Waals surface area contributed by atoms with Crippen molar-refractivity contribution in [1.29, 1.82) is 0 Å². The molecule has 1 heterocycles. The van der Waals surface area contributed by atoms with E-state index in [-0.39, 0.29) is 24.0 Å². The van der Waals surface area contributed by atoms with Gasteiger partial charge in [-0.2, -0.15) is 0 Å². The van der Waals surface area contributed by atoms with Crippen molar-refractivity contribution < 1.29 is 9.18 Å². The van der Waals surface area contributed by atoms with Crippen LogP contribution in [0.25, 0.3) is 0 Å². The summed E-state index contributed by atoms with van der Waals surface area (Å²) in [6.07, 6.45) is 2.53. The molecule has 4 heteroatoms. The monoisotopic (exact) mass is 311 g/mol. The van der Waals surface area contributed by atoms with Gasteiger partial charge in [0.25, 0.3) is 0 Å². The van der Waals surface area contributed by atoms with E-state index in [0.29, 0.717) is 12.0 Å². The number of benzene rings is 1. The first kappa shape index (κ1) is 17.9. The topological polar surface area (TPSA) is 20.3 Å². The predicted octanol–water partition coefficient (Wildman–Crippen LogP) is 4.25. The van der Waals surface area contributed by atoms with Crippen LogP contribution in [0.4, 0.5) is 4.39 Å². The van der Waals surface area contributed by atoms with E-state index in [1.54, 1.807) is 12.1 Å². The van der Waals surface area contributed by atoms with Crippen molar-refractivity contribution in [2.45, 2.75) is 33.1 Å². The predicted molar refractivity (Wildman–Crippen MR) is 86.6 cm³/mol. The second kappa shape index (κ2) is 8.30. The van der Waals surface area contributed by atoms with Gasteiger partial charge in [-0.15, -0.1) is 12.4 Å². The molecule has 0 atom stereocenters. The summed E-state index contributed by atoms with van der Waals surface area (Å²) in [5.74, 6) is -0.196. The summed E-state index contributed by atoms with van der Waals surface area (Å²) in [6.45, 7) is 7.46. The van der Waals surface area contributed by atoms with Gasteiger partial charge in [-0.05, 0) is 57.5 Å². The Kier molecular flexibility index (Phi) is 7.06. The fourth-order valence-electron chi connectivity index (χ4n) is 2.52. The maximum Gasteiger partial charge on any atom is 0.162 e. The lowest BCUT2D eigenvalue weighted by molar-refractivity contribution is 0.0975.